The molecule has 4 heteroatoms. The van der Waals surface area contributed by atoms with Crippen LogP contribution >= 0.6 is 7.14 Å². The van der Waals surface area contributed by atoms with Gasteiger partial charge in [-0.05, 0) is 79.2 Å². The Bertz CT molecular complexity index is 2800. The second kappa shape index (κ2) is 11.2. The van der Waals surface area contributed by atoms with E-state index in [1.54, 1.807) is 0 Å². The first-order valence-corrected chi connectivity index (χ1v) is 18.5. The van der Waals surface area contributed by atoms with Gasteiger partial charge >= 0.3 is 0 Å². The summed E-state index contributed by atoms with van der Waals surface area (Å²) >= 11 is 0. The van der Waals surface area contributed by atoms with Gasteiger partial charge in [0.05, 0.1) is 0 Å². The van der Waals surface area contributed by atoms with E-state index in [1.807, 2.05) is 97.1 Å². The van der Waals surface area contributed by atoms with Crippen LogP contribution in [-0.4, -0.2) is 0 Å². The Morgan fingerprint density at radius 3 is 1.42 bits per heavy atom. The Balaban J connectivity index is 1.30. The van der Waals surface area contributed by atoms with Gasteiger partial charge in [0, 0.05) is 21.3 Å². The van der Waals surface area contributed by atoms with Crippen molar-refractivity contribution < 1.29 is 14.0 Å². The Kier molecular flexibility index (Phi) is 6.46. The maximum Gasteiger partial charge on any atom is 0.177 e. The fourth-order valence-corrected chi connectivity index (χ4v) is 10.6. The maximum atomic E-state index is 15.8. The number of ether oxygens (including phenoxy) is 2. The third kappa shape index (κ3) is 4.27. The molecule has 0 saturated carbocycles. The summed E-state index contributed by atoms with van der Waals surface area (Å²) in [6, 6.07) is 59.6. The summed E-state index contributed by atoms with van der Waals surface area (Å²) in [4.78, 5) is 0. The first-order valence-electron chi connectivity index (χ1n) is 16.8. The highest BCUT2D eigenvalue weighted by atomic mass is 31.2. The fourth-order valence-electron chi connectivity index (χ4n) is 7.69. The summed E-state index contributed by atoms with van der Waals surface area (Å²) in [6.45, 7) is 0. The van der Waals surface area contributed by atoms with Crippen molar-refractivity contribution in [3.8, 4) is 34.1 Å². The fraction of sp³-hybridized carbons (Fsp3) is 0. The molecule has 0 spiro atoms. The van der Waals surface area contributed by atoms with E-state index in [2.05, 4.69) is 78.9 Å². The van der Waals surface area contributed by atoms with Crippen LogP contribution in [-0.2, 0) is 4.57 Å². The summed E-state index contributed by atoms with van der Waals surface area (Å²) in [5, 5.41) is 11.0. The molecule has 9 aromatic rings. The number of rotatable bonds is 4. The van der Waals surface area contributed by atoms with Crippen molar-refractivity contribution >= 4 is 66.1 Å². The quantitative estimate of drug-likeness (QED) is 0.139. The average molecular weight is 661 g/mol. The Labute approximate surface area is 289 Å². The predicted octanol–water partition coefficient (Wildman–Crippen LogP) is 11.5. The summed E-state index contributed by atoms with van der Waals surface area (Å²) in [5.41, 5.74) is 2.16. The van der Waals surface area contributed by atoms with Crippen LogP contribution in [0.15, 0.2) is 176 Å². The van der Waals surface area contributed by atoms with Crippen LogP contribution in [0, 0.1) is 0 Å². The molecule has 9 aromatic carbocycles. The first-order chi connectivity index (χ1) is 24.7. The lowest BCUT2D eigenvalue weighted by atomic mass is 9.88. The smallest absolute Gasteiger partial charge is 0.177 e. The van der Waals surface area contributed by atoms with E-state index in [-0.39, 0.29) is 0 Å². The molecule has 0 atom stereocenters. The molecule has 0 saturated heterocycles. The molecule has 3 nitrogen and oxygen atoms in total. The standard InChI is InChI=1S/C46H29O3P/c47-50(30-15-3-1-4-16-30,31-17-5-2-6-18-31)45-29-41-33-20-8-7-19-32(33)38(27-39(41)34-21-9-11-23-36(34)45)40-28-44-46(37-24-12-10-22-35(37)40)49-43-26-14-13-25-42(43)48-44/h1-29H. The van der Waals surface area contributed by atoms with Gasteiger partial charge in [-0.15, -0.1) is 0 Å². The van der Waals surface area contributed by atoms with E-state index < -0.39 is 7.14 Å². The molecule has 10 rings (SSSR count). The normalized spacial score (nSPS) is 12.4. The monoisotopic (exact) mass is 660 g/mol. The lowest BCUT2D eigenvalue weighted by Crippen LogP contribution is -2.25. The van der Waals surface area contributed by atoms with Crippen molar-refractivity contribution in [1.29, 1.82) is 0 Å². The van der Waals surface area contributed by atoms with Gasteiger partial charge in [-0.25, -0.2) is 0 Å². The van der Waals surface area contributed by atoms with E-state index in [4.69, 9.17) is 9.47 Å². The van der Waals surface area contributed by atoms with Crippen molar-refractivity contribution in [3.05, 3.63) is 176 Å². The molecule has 1 aliphatic rings. The van der Waals surface area contributed by atoms with Crippen molar-refractivity contribution in [2.75, 3.05) is 0 Å². The molecule has 236 valence electrons. The van der Waals surface area contributed by atoms with Gasteiger partial charge in [-0.2, -0.15) is 0 Å². The Morgan fingerprint density at radius 1 is 0.340 bits per heavy atom. The lowest BCUT2D eigenvalue weighted by Gasteiger charge is -2.25. The van der Waals surface area contributed by atoms with Crippen LogP contribution in [0.3, 0.4) is 0 Å². The predicted molar refractivity (Wildman–Crippen MR) is 208 cm³/mol. The first kappa shape index (κ1) is 28.8. The van der Waals surface area contributed by atoms with Gasteiger partial charge in [-0.3, -0.25) is 0 Å². The molecular formula is C46H29O3P. The SMILES string of the molecule is O=P(c1ccccc1)(c1ccccc1)c1cc2c3ccccc3c(-c3cc4c(c5ccccc35)Oc3ccccc3O4)cc2c2ccccc12. The third-order valence-corrected chi connectivity index (χ3v) is 13.1. The molecule has 0 N–H and O–H groups in total. The minimum Gasteiger partial charge on any atom is -0.449 e. The molecule has 0 unspecified atom stereocenters. The topological polar surface area (TPSA) is 35.5 Å². The zero-order chi connectivity index (χ0) is 33.2. The highest BCUT2D eigenvalue weighted by Gasteiger charge is 2.32. The number of fused-ring (bicyclic) bond motifs is 9. The average Bonchev–Trinajstić information content (AvgIpc) is 3.19. The highest BCUT2D eigenvalue weighted by Crippen LogP contribution is 2.53. The van der Waals surface area contributed by atoms with Gasteiger partial charge in [0.25, 0.3) is 0 Å². The van der Waals surface area contributed by atoms with Crippen LogP contribution < -0.4 is 25.4 Å². The van der Waals surface area contributed by atoms with Crippen molar-refractivity contribution in [3.63, 3.8) is 0 Å². The molecule has 0 aliphatic carbocycles. The van der Waals surface area contributed by atoms with Gasteiger partial charge in [0.2, 0.25) is 0 Å². The molecule has 0 bridgehead atoms. The van der Waals surface area contributed by atoms with E-state index in [0.717, 1.165) is 75.9 Å². The molecule has 1 aliphatic heterocycles. The maximum absolute atomic E-state index is 15.8. The highest BCUT2D eigenvalue weighted by molar-refractivity contribution is 7.85. The van der Waals surface area contributed by atoms with Crippen LogP contribution in [0.4, 0.5) is 0 Å². The largest absolute Gasteiger partial charge is 0.449 e. The Morgan fingerprint density at radius 2 is 0.780 bits per heavy atom. The molecule has 0 aromatic heterocycles. The van der Waals surface area contributed by atoms with Crippen LogP contribution in [0.25, 0.3) is 54.2 Å². The number of benzene rings is 9. The summed E-state index contributed by atoms with van der Waals surface area (Å²) in [6.07, 6.45) is 0. The molecule has 0 fully saturated rings. The van der Waals surface area contributed by atoms with Gasteiger partial charge < -0.3 is 14.0 Å². The molecule has 1 heterocycles. The number of hydrogen-bond acceptors (Lipinski definition) is 3. The molecule has 0 amide bonds. The zero-order valence-corrected chi connectivity index (χ0v) is 27.8. The summed E-state index contributed by atoms with van der Waals surface area (Å²) in [5.74, 6) is 2.82. The second-order valence-corrected chi connectivity index (χ2v) is 15.5. The third-order valence-electron chi connectivity index (χ3n) is 9.97. The van der Waals surface area contributed by atoms with Crippen molar-refractivity contribution in [2.45, 2.75) is 0 Å². The van der Waals surface area contributed by atoms with E-state index in [9.17, 15) is 0 Å². The van der Waals surface area contributed by atoms with Gasteiger partial charge in [-0.1, -0.05) is 146 Å². The van der Waals surface area contributed by atoms with Crippen molar-refractivity contribution in [1.82, 2.24) is 0 Å². The van der Waals surface area contributed by atoms with Crippen LogP contribution in [0.5, 0.6) is 23.0 Å². The lowest BCUT2D eigenvalue weighted by molar-refractivity contribution is 0.363. The minimum absolute atomic E-state index is 0.688. The van der Waals surface area contributed by atoms with Crippen LogP contribution in [0.1, 0.15) is 0 Å². The number of para-hydroxylation sites is 2. The van der Waals surface area contributed by atoms with E-state index in [1.165, 1.54) is 0 Å². The van der Waals surface area contributed by atoms with Crippen molar-refractivity contribution in [2.24, 2.45) is 0 Å². The summed E-state index contributed by atoms with van der Waals surface area (Å²) in [7, 11) is -3.28. The second-order valence-electron chi connectivity index (χ2n) is 12.7. The summed E-state index contributed by atoms with van der Waals surface area (Å²) < 4.78 is 28.8. The van der Waals surface area contributed by atoms with E-state index >= 15 is 4.57 Å². The molecule has 50 heavy (non-hydrogen) atoms. The zero-order valence-electron chi connectivity index (χ0n) is 26.9. The minimum atomic E-state index is -3.28. The van der Waals surface area contributed by atoms with E-state index in [0.29, 0.717) is 17.2 Å². The van der Waals surface area contributed by atoms with Gasteiger partial charge in [0.15, 0.2) is 30.1 Å². The van der Waals surface area contributed by atoms with Gasteiger partial charge in [0.1, 0.15) is 0 Å². The molecule has 0 radical (unpaired) electrons. The van der Waals surface area contributed by atoms with Crippen LogP contribution in [0.2, 0.25) is 0 Å². The Hall–Kier alpha value is -6.15. The number of hydrogen-bond donors (Lipinski definition) is 0. The molecular weight excluding hydrogens is 631 g/mol.